The fraction of sp³-hybridized carbons (Fsp3) is 0.533. The number of piperidine rings is 2. The maximum absolute atomic E-state index is 13.0. The first kappa shape index (κ1) is 12.6. The van der Waals surface area contributed by atoms with Crippen LogP contribution >= 0.6 is 0 Å². The predicted octanol–water partition coefficient (Wildman–Crippen LogP) is 2.40. The van der Waals surface area contributed by atoms with Crippen LogP contribution in [0.1, 0.15) is 43.7 Å². The van der Waals surface area contributed by atoms with Gasteiger partial charge in [0.25, 0.3) is 0 Å². The highest BCUT2D eigenvalue weighted by Gasteiger charge is 2.40. The quantitative estimate of drug-likeness (QED) is 0.845. The number of carbonyl (C=O) groups excluding carboxylic acids is 1. The van der Waals surface area contributed by atoms with Gasteiger partial charge in [-0.05, 0) is 43.4 Å². The third kappa shape index (κ3) is 2.37. The number of hydrogen-bond acceptors (Lipinski definition) is 2. The summed E-state index contributed by atoms with van der Waals surface area (Å²) in [4.78, 5) is 14.1. The van der Waals surface area contributed by atoms with E-state index in [4.69, 9.17) is 0 Å². The number of benzene rings is 1. The summed E-state index contributed by atoms with van der Waals surface area (Å²) in [7, 11) is 0. The van der Waals surface area contributed by atoms with Crippen LogP contribution in [0.15, 0.2) is 24.3 Å². The minimum atomic E-state index is -0.373. The van der Waals surface area contributed by atoms with Gasteiger partial charge in [0.05, 0.1) is 12.1 Å². The molecule has 2 fully saturated rings. The van der Waals surface area contributed by atoms with Crippen LogP contribution in [0, 0.1) is 5.82 Å². The predicted molar refractivity (Wildman–Crippen MR) is 68.9 cm³/mol. The van der Waals surface area contributed by atoms with Gasteiger partial charge in [-0.15, -0.1) is 0 Å². The summed E-state index contributed by atoms with van der Waals surface area (Å²) in [6, 6.07) is 6.30. The SMILES string of the molecule is O=C1CCCC2CC(O)CC(c3ccc(F)cc3)N12. The molecule has 3 atom stereocenters. The van der Waals surface area contributed by atoms with Crippen LogP contribution in [-0.4, -0.2) is 28.1 Å². The van der Waals surface area contributed by atoms with Crippen molar-refractivity contribution in [1.82, 2.24) is 4.90 Å². The summed E-state index contributed by atoms with van der Waals surface area (Å²) < 4.78 is 13.0. The molecule has 19 heavy (non-hydrogen) atoms. The van der Waals surface area contributed by atoms with E-state index < -0.39 is 0 Å². The molecule has 0 aliphatic carbocycles. The maximum atomic E-state index is 13.0. The van der Waals surface area contributed by atoms with Crippen molar-refractivity contribution >= 4 is 5.91 Å². The molecule has 3 unspecified atom stereocenters. The topological polar surface area (TPSA) is 40.5 Å². The molecule has 0 radical (unpaired) electrons. The van der Waals surface area contributed by atoms with Crippen molar-refractivity contribution in [1.29, 1.82) is 0 Å². The number of hydrogen-bond donors (Lipinski definition) is 1. The van der Waals surface area contributed by atoms with E-state index in [2.05, 4.69) is 0 Å². The first-order valence-corrected chi connectivity index (χ1v) is 6.90. The summed E-state index contributed by atoms with van der Waals surface area (Å²) in [5.74, 6) is -0.112. The summed E-state index contributed by atoms with van der Waals surface area (Å²) in [6.07, 6.45) is 3.30. The van der Waals surface area contributed by atoms with E-state index in [1.54, 1.807) is 12.1 Å². The molecule has 1 aromatic carbocycles. The van der Waals surface area contributed by atoms with Gasteiger partial charge in [-0.2, -0.15) is 0 Å². The number of aliphatic hydroxyl groups is 1. The summed E-state index contributed by atoms with van der Waals surface area (Å²) >= 11 is 0. The van der Waals surface area contributed by atoms with Crippen molar-refractivity contribution < 1.29 is 14.3 Å². The number of amides is 1. The molecule has 0 spiro atoms. The summed E-state index contributed by atoms with van der Waals surface area (Å²) in [6.45, 7) is 0. The van der Waals surface area contributed by atoms with Gasteiger partial charge in [-0.3, -0.25) is 4.79 Å². The van der Waals surface area contributed by atoms with Gasteiger partial charge in [-0.25, -0.2) is 4.39 Å². The summed E-state index contributed by atoms with van der Waals surface area (Å²) in [5.41, 5.74) is 0.917. The molecule has 4 heteroatoms. The molecule has 2 aliphatic rings. The highest BCUT2D eigenvalue weighted by Crippen LogP contribution is 2.39. The molecule has 0 saturated carbocycles. The third-order valence-corrected chi connectivity index (χ3v) is 4.24. The lowest BCUT2D eigenvalue weighted by molar-refractivity contribution is -0.145. The van der Waals surface area contributed by atoms with Gasteiger partial charge in [0.1, 0.15) is 5.82 Å². The first-order valence-electron chi connectivity index (χ1n) is 6.90. The smallest absolute Gasteiger partial charge is 0.223 e. The number of rotatable bonds is 1. The van der Waals surface area contributed by atoms with Gasteiger partial charge in [0.2, 0.25) is 5.91 Å². The number of nitrogens with zero attached hydrogens (tertiary/aromatic N) is 1. The van der Waals surface area contributed by atoms with E-state index in [-0.39, 0.29) is 29.9 Å². The van der Waals surface area contributed by atoms with Crippen LogP contribution in [0.25, 0.3) is 0 Å². The Bertz CT molecular complexity index is 474. The summed E-state index contributed by atoms with van der Waals surface area (Å²) in [5, 5.41) is 10.0. The van der Waals surface area contributed by atoms with Gasteiger partial charge in [0, 0.05) is 12.5 Å². The molecular formula is C15H18FNO2. The maximum Gasteiger partial charge on any atom is 0.223 e. The van der Waals surface area contributed by atoms with Crippen LogP contribution in [0.3, 0.4) is 0 Å². The van der Waals surface area contributed by atoms with Crippen LogP contribution in [0.5, 0.6) is 0 Å². The zero-order valence-corrected chi connectivity index (χ0v) is 10.8. The van der Waals surface area contributed by atoms with Crippen LogP contribution in [0.4, 0.5) is 4.39 Å². The van der Waals surface area contributed by atoms with E-state index in [9.17, 15) is 14.3 Å². The second-order valence-corrected chi connectivity index (χ2v) is 5.54. The number of fused-ring (bicyclic) bond motifs is 1. The Morgan fingerprint density at radius 2 is 1.95 bits per heavy atom. The third-order valence-electron chi connectivity index (χ3n) is 4.24. The van der Waals surface area contributed by atoms with E-state index in [0.29, 0.717) is 19.3 Å². The van der Waals surface area contributed by atoms with Gasteiger partial charge in [-0.1, -0.05) is 12.1 Å². The van der Waals surface area contributed by atoms with Crippen molar-refractivity contribution in [3.8, 4) is 0 Å². The minimum absolute atomic E-state index is 0.109. The van der Waals surface area contributed by atoms with Crippen molar-refractivity contribution in [2.24, 2.45) is 0 Å². The minimum Gasteiger partial charge on any atom is -0.393 e. The second kappa shape index (κ2) is 4.93. The molecule has 2 aliphatic heterocycles. The molecule has 0 bridgehead atoms. The molecule has 0 aromatic heterocycles. The monoisotopic (exact) mass is 263 g/mol. The van der Waals surface area contributed by atoms with Gasteiger partial charge >= 0.3 is 0 Å². The normalized spacial score (nSPS) is 31.2. The Labute approximate surface area is 112 Å². The molecule has 102 valence electrons. The molecule has 1 aromatic rings. The standard InChI is InChI=1S/C15H18FNO2/c16-11-6-4-10(5-7-11)14-9-13(18)8-12-2-1-3-15(19)17(12)14/h4-7,12-14,18H,1-3,8-9H2. The van der Waals surface area contributed by atoms with Crippen molar-refractivity contribution in [3.05, 3.63) is 35.6 Å². The molecule has 1 amide bonds. The average Bonchev–Trinajstić information content (AvgIpc) is 2.38. The largest absolute Gasteiger partial charge is 0.393 e. The molecule has 2 heterocycles. The highest BCUT2D eigenvalue weighted by molar-refractivity contribution is 5.78. The van der Waals surface area contributed by atoms with Crippen LogP contribution < -0.4 is 0 Å². The van der Waals surface area contributed by atoms with E-state index in [1.165, 1.54) is 12.1 Å². The number of carbonyl (C=O) groups is 1. The van der Waals surface area contributed by atoms with E-state index in [0.717, 1.165) is 18.4 Å². The van der Waals surface area contributed by atoms with Crippen molar-refractivity contribution in [2.75, 3.05) is 0 Å². The highest BCUT2D eigenvalue weighted by atomic mass is 19.1. The Balaban J connectivity index is 1.92. The lowest BCUT2D eigenvalue weighted by Gasteiger charge is -2.46. The zero-order valence-electron chi connectivity index (χ0n) is 10.8. The molecule has 3 rings (SSSR count). The van der Waals surface area contributed by atoms with Crippen molar-refractivity contribution in [3.63, 3.8) is 0 Å². The lowest BCUT2D eigenvalue weighted by Crippen LogP contribution is -2.51. The fourth-order valence-corrected chi connectivity index (χ4v) is 3.38. The number of aliphatic hydroxyl groups excluding tert-OH is 1. The van der Waals surface area contributed by atoms with Crippen LogP contribution in [0.2, 0.25) is 0 Å². The second-order valence-electron chi connectivity index (χ2n) is 5.54. The van der Waals surface area contributed by atoms with E-state index in [1.807, 2.05) is 4.90 Å². The Kier molecular flexibility index (Phi) is 3.27. The van der Waals surface area contributed by atoms with Crippen LogP contribution in [-0.2, 0) is 4.79 Å². The molecule has 2 saturated heterocycles. The number of halogens is 1. The van der Waals surface area contributed by atoms with E-state index >= 15 is 0 Å². The molecule has 3 nitrogen and oxygen atoms in total. The van der Waals surface area contributed by atoms with Crippen molar-refractivity contribution in [2.45, 2.75) is 50.3 Å². The van der Waals surface area contributed by atoms with Gasteiger partial charge in [0.15, 0.2) is 0 Å². The Morgan fingerprint density at radius 3 is 2.68 bits per heavy atom. The molecule has 1 N–H and O–H groups in total. The molecular weight excluding hydrogens is 245 g/mol. The fourth-order valence-electron chi connectivity index (χ4n) is 3.38. The first-order chi connectivity index (χ1) is 9.15. The van der Waals surface area contributed by atoms with Gasteiger partial charge < -0.3 is 10.0 Å². The zero-order chi connectivity index (χ0) is 13.4. The Hall–Kier alpha value is -1.42. The lowest BCUT2D eigenvalue weighted by atomic mass is 9.84. The Morgan fingerprint density at radius 1 is 1.21 bits per heavy atom. The average molecular weight is 263 g/mol.